The average Bonchev–Trinajstić information content (AvgIpc) is 3.59. The summed E-state index contributed by atoms with van der Waals surface area (Å²) >= 11 is 2.97. The summed E-state index contributed by atoms with van der Waals surface area (Å²) in [6.07, 6.45) is 2.24. The smallest absolute Gasteiger partial charge is 0.253 e. The van der Waals surface area contributed by atoms with Gasteiger partial charge in [0.25, 0.3) is 5.91 Å². The minimum Gasteiger partial charge on any atom is -0.467 e. The van der Waals surface area contributed by atoms with Gasteiger partial charge < -0.3 is 8.98 Å². The van der Waals surface area contributed by atoms with Crippen LogP contribution in [0.3, 0.4) is 0 Å². The van der Waals surface area contributed by atoms with Gasteiger partial charge in [0.1, 0.15) is 11.8 Å². The molecule has 1 unspecified atom stereocenters. The number of nitrogens with zero attached hydrogens (tertiary/aromatic N) is 5. The Morgan fingerprint density at radius 2 is 2.03 bits per heavy atom. The zero-order valence-electron chi connectivity index (χ0n) is 17.6. The Morgan fingerprint density at radius 1 is 1.19 bits per heavy atom. The van der Waals surface area contributed by atoms with Crippen LogP contribution in [-0.2, 0) is 11.8 Å². The molecule has 0 radical (unpaired) electrons. The van der Waals surface area contributed by atoms with Crippen LogP contribution in [0.2, 0.25) is 0 Å². The molecule has 4 aromatic rings. The van der Waals surface area contributed by atoms with Crippen LogP contribution in [0.5, 0.6) is 0 Å². The van der Waals surface area contributed by atoms with Crippen molar-refractivity contribution in [1.29, 1.82) is 0 Å². The molecule has 5 rings (SSSR count). The predicted molar refractivity (Wildman–Crippen MR) is 126 cm³/mol. The molecule has 1 aromatic carbocycles. The normalized spacial score (nSPS) is 15.9. The number of thioether (sulfide) groups is 1. The van der Waals surface area contributed by atoms with E-state index in [1.165, 1.54) is 17.3 Å². The van der Waals surface area contributed by atoms with Gasteiger partial charge in [-0.25, -0.2) is 5.01 Å². The molecule has 0 N–H and O–H groups in total. The highest BCUT2D eigenvalue weighted by Crippen LogP contribution is 2.34. The van der Waals surface area contributed by atoms with E-state index in [9.17, 15) is 4.79 Å². The first-order valence-corrected chi connectivity index (χ1v) is 12.0. The maximum Gasteiger partial charge on any atom is 0.253 e. The minimum atomic E-state index is -0.254. The molecule has 0 spiro atoms. The lowest BCUT2D eigenvalue weighted by Crippen LogP contribution is -2.28. The quantitative estimate of drug-likeness (QED) is 0.380. The van der Waals surface area contributed by atoms with Crippen molar-refractivity contribution in [2.75, 3.05) is 5.75 Å². The molecule has 7 nitrogen and oxygen atoms in total. The summed E-state index contributed by atoms with van der Waals surface area (Å²) in [7, 11) is 1.91. The Balaban J connectivity index is 1.35. The van der Waals surface area contributed by atoms with Gasteiger partial charge >= 0.3 is 0 Å². The number of amides is 1. The standard InChI is InChI=1S/C23H21N5O2S2/c1-15-7-9-16(10-8-15)17-13-18(19-5-3-11-30-19)28(26-17)21(29)14-32-23-25-24-22(27(23)2)20-6-4-12-31-20/h3-12,18H,13-14H2,1-2H3. The van der Waals surface area contributed by atoms with Gasteiger partial charge in [0.15, 0.2) is 11.0 Å². The van der Waals surface area contributed by atoms with Gasteiger partial charge in [-0.15, -0.1) is 21.5 Å². The highest BCUT2D eigenvalue weighted by atomic mass is 32.2. The largest absolute Gasteiger partial charge is 0.467 e. The van der Waals surface area contributed by atoms with E-state index in [2.05, 4.69) is 29.3 Å². The molecule has 32 heavy (non-hydrogen) atoms. The first kappa shape index (κ1) is 20.7. The van der Waals surface area contributed by atoms with Gasteiger partial charge in [-0.3, -0.25) is 4.79 Å². The summed E-state index contributed by atoms with van der Waals surface area (Å²) in [5.41, 5.74) is 3.08. The summed E-state index contributed by atoms with van der Waals surface area (Å²) in [6.45, 7) is 2.05. The number of carbonyl (C=O) groups excluding carboxylic acids is 1. The lowest BCUT2D eigenvalue weighted by Gasteiger charge is -2.19. The summed E-state index contributed by atoms with van der Waals surface area (Å²) in [5, 5.41) is 17.5. The van der Waals surface area contributed by atoms with Crippen molar-refractivity contribution in [3.63, 3.8) is 0 Å². The monoisotopic (exact) mass is 463 g/mol. The van der Waals surface area contributed by atoms with E-state index in [-0.39, 0.29) is 17.7 Å². The molecule has 0 bridgehead atoms. The SMILES string of the molecule is Cc1ccc(C2=NN(C(=O)CSc3nnc(-c4cccs4)n3C)C(c3ccco3)C2)cc1. The minimum absolute atomic E-state index is 0.0980. The van der Waals surface area contributed by atoms with Crippen molar-refractivity contribution >= 4 is 34.7 Å². The lowest BCUT2D eigenvalue weighted by molar-refractivity contribution is -0.130. The van der Waals surface area contributed by atoms with Crippen LogP contribution in [0.4, 0.5) is 0 Å². The molecule has 162 valence electrons. The van der Waals surface area contributed by atoms with Gasteiger partial charge in [-0.2, -0.15) is 5.10 Å². The molecule has 1 atom stereocenters. The summed E-state index contributed by atoms with van der Waals surface area (Å²) < 4.78 is 7.54. The number of hydrogen-bond donors (Lipinski definition) is 0. The number of rotatable bonds is 6. The third-order valence-electron chi connectivity index (χ3n) is 5.32. The Bertz CT molecular complexity index is 1240. The van der Waals surface area contributed by atoms with Gasteiger partial charge in [-0.1, -0.05) is 47.7 Å². The molecule has 0 aliphatic carbocycles. The second kappa shape index (κ2) is 8.76. The molecule has 9 heteroatoms. The maximum atomic E-state index is 13.2. The fraction of sp³-hybridized carbons (Fsp3) is 0.217. The van der Waals surface area contributed by atoms with E-state index >= 15 is 0 Å². The lowest BCUT2D eigenvalue weighted by atomic mass is 10.0. The third-order valence-corrected chi connectivity index (χ3v) is 7.19. The van der Waals surface area contributed by atoms with E-state index in [0.29, 0.717) is 11.6 Å². The van der Waals surface area contributed by atoms with E-state index in [0.717, 1.165) is 27.7 Å². The molecule has 1 aliphatic heterocycles. The van der Waals surface area contributed by atoms with Gasteiger partial charge in [0, 0.05) is 13.5 Å². The molecular formula is C23H21N5O2S2. The fourth-order valence-corrected chi connectivity index (χ4v) is 5.12. The summed E-state index contributed by atoms with van der Waals surface area (Å²) in [4.78, 5) is 14.2. The zero-order chi connectivity index (χ0) is 22.1. The molecular weight excluding hydrogens is 442 g/mol. The van der Waals surface area contributed by atoms with Crippen molar-refractivity contribution < 1.29 is 9.21 Å². The summed E-state index contributed by atoms with van der Waals surface area (Å²) in [6, 6.07) is 15.7. The first-order chi connectivity index (χ1) is 15.6. The zero-order valence-corrected chi connectivity index (χ0v) is 19.3. The number of aromatic nitrogens is 3. The number of aryl methyl sites for hydroxylation is 1. The van der Waals surface area contributed by atoms with Crippen LogP contribution in [0.1, 0.15) is 29.3 Å². The highest BCUT2D eigenvalue weighted by Gasteiger charge is 2.35. The second-order valence-corrected chi connectivity index (χ2v) is 9.41. The maximum absolute atomic E-state index is 13.2. The van der Waals surface area contributed by atoms with Crippen LogP contribution in [0, 0.1) is 6.92 Å². The van der Waals surface area contributed by atoms with Crippen LogP contribution >= 0.6 is 23.1 Å². The van der Waals surface area contributed by atoms with Crippen molar-refractivity contribution in [3.8, 4) is 10.7 Å². The van der Waals surface area contributed by atoms with E-state index in [4.69, 9.17) is 9.52 Å². The number of thiophene rings is 1. The van der Waals surface area contributed by atoms with E-state index in [1.807, 2.05) is 53.4 Å². The number of furan rings is 1. The number of carbonyl (C=O) groups is 1. The Morgan fingerprint density at radius 3 is 2.75 bits per heavy atom. The van der Waals surface area contributed by atoms with Crippen LogP contribution < -0.4 is 0 Å². The molecule has 1 aliphatic rings. The van der Waals surface area contributed by atoms with Gasteiger partial charge in [-0.05, 0) is 36.1 Å². The van der Waals surface area contributed by atoms with Crippen LogP contribution in [0.15, 0.2) is 74.8 Å². The number of hydrazone groups is 1. The van der Waals surface area contributed by atoms with Gasteiger partial charge in [0.05, 0.1) is 22.6 Å². The molecule has 0 fully saturated rings. The highest BCUT2D eigenvalue weighted by molar-refractivity contribution is 7.99. The first-order valence-electron chi connectivity index (χ1n) is 10.2. The van der Waals surface area contributed by atoms with Crippen LogP contribution in [-0.4, -0.2) is 37.1 Å². The molecule has 0 saturated heterocycles. The second-order valence-electron chi connectivity index (χ2n) is 7.52. The van der Waals surface area contributed by atoms with E-state index < -0.39 is 0 Å². The molecule has 4 heterocycles. The third kappa shape index (κ3) is 4.01. The summed E-state index contributed by atoms with van der Waals surface area (Å²) in [5.74, 6) is 1.63. The fourth-order valence-electron chi connectivity index (χ4n) is 3.62. The topological polar surface area (TPSA) is 76.5 Å². The molecule has 3 aromatic heterocycles. The predicted octanol–water partition coefficient (Wildman–Crippen LogP) is 4.92. The van der Waals surface area contributed by atoms with Crippen molar-refractivity contribution in [1.82, 2.24) is 19.8 Å². The van der Waals surface area contributed by atoms with Gasteiger partial charge in [0.2, 0.25) is 0 Å². The Hall–Kier alpha value is -3.17. The number of benzene rings is 1. The van der Waals surface area contributed by atoms with Crippen molar-refractivity contribution in [2.45, 2.75) is 24.5 Å². The Labute approximate surface area is 193 Å². The van der Waals surface area contributed by atoms with Crippen molar-refractivity contribution in [3.05, 3.63) is 77.1 Å². The van der Waals surface area contributed by atoms with Crippen molar-refractivity contribution in [2.24, 2.45) is 12.1 Å². The number of hydrogen-bond acceptors (Lipinski definition) is 7. The Kier molecular flexibility index (Phi) is 5.67. The molecule has 1 amide bonds. The molecule has 0 saturated carbocycles. The van der Waals surface area contributed by atoms with Crippen LogP contribution in [0.25, 0.3) is 10.7 Å². The average molecular weight is 464 g/mol. The van der Waals surface area contributed by atoms with E-state index in [1.54, 1.807) is 22.6 Å².